The number of phosphoric acid groups is 2. The molecular formula is C97H164O16P2. The summed E-state index contributed by atoms with van der Waals surface area (Å²) in [5.74, 6) is -1.59. The molecule has 5 atom stereocenters. The van der Waals surface area contributed by atoms with E-state index in [1.807, 2.05) is 0 Å². The van der Waals surface area contributed by atoms with Crippen LogP contribution in [0.5, 0.6) is 0 Å². The number of aliphatic hydroxyl groups is 2. The van der Waals surface area contributed by atoms with Crippen LogP contribution >= 0.6 is 15.6 Å². The third-order valence-corrected chi connectivity index (χ3v) is 20.8. The average Bonchev–Trinajstić information content (AvgIpc) is 0.893. The third-order valence-electron chi connectivity index (χ3n) is 18.9. The van der Waals surface area contributed by atoms with Crippen molar-refractivity contribution in [2.75, 3.05) is 39.6 Å². The first-order chi connectivity index (χ1) is 56.2. The summed E-state index contributed by atoms with van der Waals surface area (Å²) in [5, 5.41) is 20.7. The first kappa shape index (κ1) is 110. The quantitative estimate of drug-likeness (QED) is 0.0146. The number of phosphoric ester groups is 2. The second kappa shape index (κ2) is 88.2. The Balaban J connectivity index is 4.46. The van der Waals surface area contributed by atoms with Gasteiger partial charge in [0.15, 0.2) is 6.10 Å². The van der Waals surface area contributed by atoms with Crippen LogP contribution in [0.25, 0.3) is 0 Å². The van der Waals surface area contributed by atoms with Gasteiger partial charge < -0.3 is 34.2 Å². The van der Waals surface area contributed by atoms with E-state index in [0.717, 1.165) is 173 Å². The Hall–Kier alpha value is -5.09. The van der Waals surface area contributed by atoms with Crippen LogP contribution < -0.4 is 0 Å². The van der Waals surface area contributed by atoms with Gasteiger partial charge in [-0.15, -0.1) is 0 Å². The highest BCUT2D eigenvalue weighted by molar-refractivity contribution is 7.47. The molecule has 658 valence electrons. The van der Waals surface area contributed by atoms with E-state index in [4.69, 9.17) is 32.3 Å². The maximum atomic E-state index is 13.0. The standard InChI is InChI=1S/C97H164O16P2/c1-4-7-10-13-16-19-22-25-28-30-32-34-36-38-40-42-44-45-47-49-50-52-54-56-58-60-63-65-68-71-74-77-80-83-95(100)107-86-92(98)87-109-114(103,104)110-88-93(99)89-111-115(105,106)112-91-94(113-97(102)85-82-79-76-73-70-67-62-27-24-21-18-15-12-9-6-3)90-108-96(101)84-81-78-75-72-69-66-64-61-59-57-55-53-51-48-46-43-41-39-37-35-33-31-29-26-23-20-17-14-11-8-5-2/h7-12,16-21,25-29,32-35,38-41,46,48,62,92-94,98-99H,4-6,13-15,22-24,30-31,36-37,42-45,47,49-61,63-91H2,1-3H3,(H,103,104)(H,105,106)/b10-7-,11-8-,12-9-,19-16-,20-17-,21-18-,28-25-,29-26-,34-32-,35-33-,40-38-,41-39-,48-46-,62-27-. The number of hydrogen-bond acceptors (Lipinski definition) is 14. The number of aliphatic hydroxyl groups excluding tert-OH is 2. The van der Waals surface area contributed by atoms with Crippen LogP contribution in [0.2, 0.25) is 0 Å². The average molecular weight is 1650 g/mol. The number of carbonyl (C=O) groups excluding carboxylic acids is 3. The molecular weight excluding hydrogens is 1480 g/mol. The summed E-state index contributed by atoms with van der Waals surface area (Å²) in [4.78, 5) is 58.9. The number of ether oxygens (including phenoxy) is 3. The second-order valence-electron chi connectivity index (χ2n) is 30.0. The van der Waals surface area contributed by atoms with Crippen molar-refractivity contribution in [2.24, 2.45) is 0 Å². The van der Waals surface area contributed by atoms with Crippen LogP contribution in [-0.4, -0.2) is 95.9 Å². The highest BCUT2D eigenvalue weighted by Gasteiger charge is 2.29. The Labute approximate surface area is 701 Å². The summed E-state index contributed by atoms with van der Waals surface area (Å²) in [6, 6.07) is 0. The molecule has 4 N–H and O–H groups in total. The summed E-state index contributed by atoms with van der Waals surface area (Å²) < 4.78 is 61.4. The fraction of sp³-hybridized carbons (Fsp3) is 0.680. The molecule has 0 saturated heterocycles. The van der Waals surface area contributed by atoms with Gasteiger partial charge in [-0.3, -0.25) is 32.5 Å². The Morgan fingerprint density at radius 2 is 0.435 bits per heavy atom. The number of hydrogen-bond donors (Lipinski definition) is 4. The molecule has 0 aromatic carbocycles. The van der Waals surface area contributed by atoms with E-state index in [0.29, 0.717) is 19.3 Å². The molecule has 0 spiro atoms. The highest BCUT2D eigenvalue weighted by Crippen LogP contribution is 2.45. The van der Waals surface area contributed by atoms with Crippen LogP contribution in [0.4, 0.5) is 0 Å². The van der Waals surface area contributed by atoms with Gasteiger partial charge in [-0.25, -0.2) is 9.13 Å². The monoisotopic (exact) mass is 1650 g/mol. The molecule has 0 aromatic rings. The molecule has 0 fully saturated rings. The minimum absolute atomic E-state index is 0.0814. The van der Waals surface area contributed by atoms with Crippen LogP contribution in [0, 0.1) is 0 Å². The van der Waals surface area contributed by atoms with Gasteiger partial charge in [0.05, 0.1) is 26.4 Å². The zero-order valence-electron chi connectivity index (χ0n) is 72.4. The Morgan fingerprint density at radius 1 is 0.243 bits per heavy atom. The highest BCUT2D eigenvalue weighted by atomic mass is 31.2. The molecule has 0 amide bonds. The molecule has 16 nitrogen and oxygen atoms in total. The molecule has 0 radical (unpaired) electrons. The molecule has 0 heterocycles. The molecule has 18 heteroatoms. The number of rotatable bonds is 85. The fourth-order valence-corrected chi connectivity index (χ4v) is 13.7. The van der Waals surface area contributed by atoms with E-state index in [2.05, 4.69) is 191 Å². The molecule has 0 rings (SSSR count). The smallest absolute Gasteiger partial charge is 0.463 e. The predicted molar refractivity (Wildman–Crippen MR) is 482 cm³/mol. The molecule has 0 saturated carbocycles. The van der Waals surface area contributed by atoms with Crippen molar-refractivity contribution < 1.29 is 75.8 Å². The van der Waals surface area contributed by atoms with E-state index in [9.17, 15) is 43.5 Å². The summed E-state index contributed by atoms with van der Waals surface area (Å²) in [7, 11) is -9.81. The summed E-state index contributed by atoms with van der Waals surface area (Å²) >= 11 is 0. The SMILES string of the molecule is CC/C=C\C/C=C\C/C=C\C/C=C\C/C=C\C/C=C\CCCCCCCCCCCCCCC(=O)OCC(COP(=O)(O)OCC(O)COP(=O)(O)OCC(O)COC(=O)CCCCCCCCCCCCCCCCCCC/C=C\C/C=C\C/C=C\C/C=C\C/C=C\CC)OC(=O)CCCCCCC/C=C\C/C=C\C/C=C\CC. The van der Waals surface area contributed by atoms with E-state index in [1.165, 1.54) is 135 Å². The lowest BCUT2D eigenvalue weighted by Gasteiger charge is -2.21. The first-order valence-corrected chi connectivity index (χ1v) is 48.4. The molecule has 0 aliphatic heterocycles. The zero-order valence-corrected chi connectivity index (χ0v) is 74.2. The van der Waals surface area contributed by atoms with Crippen LogP contribution in [0.1, 0.15) is 367 Å². The Kier molecular flexibility index (Phi) is 84.3. The molecule has 0 aliphatic carbocycles. The number of unbranched alkanes of at least 4 members (excludes halogenated alkanes) is 34. The van der Waals surface area contributed by atoms with Gasteiger partial charge >= 0.3 is 33.6 Å². The lowest BCUT2D eigenvalue weighted by atomic mass is 10.0. The molecule has 5 unspecified atom stereocenters. The van der Waals surface area contributed by atoms with E-state index >= 15 is 0 Å². The van der Waals surface area contributed by atoms with Gasteiger partial charge in [-0.2, -0.15) is 0 Å². The summed E-state index contributed by atoms with van der Waals surface area (Å²) in [6.07, 6.45) is 114. The van der Waals surface area contributed by atoms with Crippen molar-refractivity contribution in [3.63, 3.8) is 0 Å². The van der Waals surface area contributed by atoms with Gasteiger partial charge in [0.2, 0.25) is 0 Å². The number of allylic oxidation sites excluding steroid dienone is 28. The largest absolute Gasteiger partial charge is 0.472 e. The van der Waals surface area contributed by atoms with Crippen LogP contribution in [0.15, 0.2) is 170 Å². The predicted octanol–water partition coefficient (Wildman–Crippen LogP) is 27.9. The van der Waals surface area contributed by atoms with Crippen molar-refractivity contribution in [1.29, 1.82) is 0 Å². The van der Waals surface area contributed by atoms with E-state index in [-0.39, 0.29) is 19.3 Å². The summed E-state index contributed by atoms with van der Waals surface area (Å²) in [6.45, 7) is 2.35. The summed E-state index contributed by atoms with van der Waals surface area (Å²) in [5.41, 5.74) is 0. The van der Waals surface area contributed by atoms with Crippen LogP contribution in [0.3, 0.4) is 0 Å². The van der Waals surface area contributed by atoms with Gasteiger partial charge in [0, 0.05) is 19.3 Å². The van der Waals surface area contributed by atoms with E-state index < -0.39 is 91.5 Å². The maximum Gasteiger partial charge on any atom is 0.472 e. The van der Waals surface area contributed by atoms with Crippen molar-refractivity contribution in [3.05, 3.63) is 170 Å². The van der Waals surface area contributed by atoms with Gasteiger partial charge in [0.25, 0.3) is 0 Å². The maximum absolute atomic E-state index is 13.0. The van der Waals surface area contributed by atoms with E-state index in [1.54, 1.807) is 0 Å². The number of esters is 3. The van der Waals surface area contributed by atoms with Crippen molar-refractivity contribution >= 4 is 33.6 Å². The van der Waals surface area contributed by atoms with Crippen molar-refractivity contribution in [3.8, 4) is 0 Å². The first-order valence-electron chi connectivity index (χ1n) is 45.4. The molecule has 0 aliphatic rings. The molecule has 0 bridgehead atoms. The second-order valence-corrected chi connectivity index (χ2v) is 32.9. The zero-order chi connectivity index (χ0) is 83.6. The lowest BCUT2D eigenvalue weighted by Crippen LogP contribution is -2.30. The van der Waals surface area contributed by atoms with Gasteiger partial charge in [0.1, 0.15) is 25.4 Å². The topological polar surface area (TPSA) is 231 Å². The molecule has 115 heavy (non-hydrogen) atoms. The fourth-order valence-electron chi connectivity index (χ4n) is 12.1. The minimum Gasteiger partial charge on any atom is -0.463 e. The number of carbonyl (C=O) groups is 3. The third kappa shape index (κ3) is 89.5. The normalized spacial score (nSPS) is 14.6. The minimum atomic E-state index is -4.94. The Morgan fingerprint density at radius 3 is 0.687 bits per heavy atom. The lowest BCUT2D eigenvalue weighted by molar-refractivity contribution is -0.161. The van der Waals surface area contributed by atoms with Crippen LogP contribution in [-0.2, 0) is 55.8 Å². The molecule has 0 aromatic heterocycles. The van der Waals surface area contributed by atoms with Crippen molar-refractivity contribution in [1.82, 2.24) is 0 Å². The van der Waals surface area contributed by atoms with Gasteiger partial charge in [-0.1, -0.05) is 371 Å². The van der Waals surface area contributed by atoms with Crippen molar-refractivity contribution in [2.45, 2.75) is 386 Å². The Bertz CT molecular complexity index is 2770. The van der Waals surface area contributed by atoms with Gasteiger partial charge in [-0.05, 0) is 148 Å².